The van der Waals surface area contributed by atoms with E-state index in [0.29, 0.717) is 5.82 Å². The van der Waals surface area contributed by atoms with Gasteiger partial charge in [0.05, 0.1) is 27.8 Å². The second-order valence-electron chi connectivity index (χ2n) is 11.3. The lowest BCUT2D eigenvalue weighted by atomic mass is 10.1. The van der Waals surface area contributed by atoms with Crippen molar-refractivity contribution in [2.45, 2.75) is 0 Å². The van der Waals surface area contributed by atoms with E-state index in [1.54, 1.807) is 11.3 Å². The summed E-state index contributed by atoms with van der Waals surface area (Å²) in [6.45, 7) is 0. The van der Waals surface area contributed by atoms with Gasteiger partial charge in [-0.25, -0.2) is 9.97 Å². The van der Waals surface area contributed by atoms with Gasteiger partial charge in [0, 0.05) is 42.8 Å². The predicted octanol–water partition coefficient (Wildman–Crippen LogP) is 11.2. The van der Waals surface area contributed by atoms with E-state index in [0.717, 1.165) is 65.7 Å². The molecule has 0 spiro atoms. The van der Waals surface area contributed by atoms with Gasteiger partial charge in [0.15, 0.2) is 5.82 Å². The highest BCUT2D eigenvalue weighted by Gasteiger charge is 2.23. The molecular weight excluding hydrogens is 571 g/mol. The number of aromatic nitrogens is 3. The summed E-state index contributed by atoms with van der Waals surface area (Å²) in [5, 5.41) is 6.89. The number of benzene rings is 6. The molecule has 0 unspecified atom stereocenters. The summed E-state index contributed by atoms with van der Waals surface area (Å²) in [6, 6.07) is 48.7. The Morgan fingerprint density at radius 1 is 0.533 bits per heavy atom. The van der Waals surface area contributed by atoms with Crippen LogP contribution in [-0.2, 0) is 0 Å². The summed E-state index contributed by atoms with van der Waals surface area (Å²) in [5.41, 5.74) is 8.04. The van der Waals surface area contributed by atoms with Crippen molar-refractivity contribution in [1.82, 2.24) is 14.5 Å². The third kappa shape index (κ3) is 3.53. The first-order chi connectivity index (χ1) is 22.3. The molecule has 0 atom stereocenters. The molecule has 45 heavy (non-hydrogen) atoms. The Balaban J connectivity index is 1.34. The van der Waals surface area contributed by atoms with Gasteiger partial charge in [0.2, 0.25) is 0 Å². The number of furan rings is 1. The number of nitrogens with zero attached hydrogens (tertiary/aromatic N) is 3. The van der Waals surface area contributed by atoms with Gasteiger partial charge in [0.1, 0.15) is 16.0 Å². The van der Waals surface area contributed by atoms with Gasteiger partial charge in [-0.1, -0.05) is 97.1 Å². The average molecular weight is 594 g/mol. The van der Waals surface area contributed by atoms with Gasteiger partial charge in [-0.2, -0.15) is 0 Å². The smallest absolute Gasteiger partial charge is 0.163 e. The van der Waals surface area contributed by atoms with E-state index in [9.17, 15) is 0 Å². The highest BCUT2D eigenvalue weighted by molar-refractivity contribution is 7.25. The number of hydrogen-bond acceptors (Lipinski definition) is 4. The molecule has 6 aromatic carbocycles. The zero-order valence-corrected chi connectivity index (χ0v) is 24.8. The first kappa shape index (κ1) is 24.6. The van der Waals surface area contributed by atoms with Gasteiger partial charge in [-0.05, 0) is 42.5 Å². The van der Waals surface area contributed by atoms with Gasteiger partial charge in [0.25, 0.3) is 0 Å². The number of fused-ring (bicyclic) bond motifs is 10. The van der Waals surface area contributed by atoms with Crippen LogP contribution in [0.5, 0.6) is 0 Å². The maximum absolute atomic E-state index is 6.37. The number of hydrogen-bond donors (Lipinski definition) is 0. The molecule has 0 amide bonds. The van der Waals surface area contributed by atoms with E-state index in [4.69, 9.17) is 14.4 Å². The summed E-state index contributed by atoms with van der Waals surface area (Å²) in [4.78, 5) is 11.6. The van der Waals surface area contributed by atoms with Crippen LogP contribution in [0.15, 0.2) is 144 Å². The summed E-state index contributed by atoms with van der Waals surface area (Å²) < 4.78 is 9.96. The SMILES string of the molecule is c1ccc(-c2nc(-c3ccccc3-n3c4ccccc4c4ccc5oc6ccccc6c5c43)nc3sc4ccccc4c23)cc1. The minimum atomic E-state index is 0.707. The minimum absolute atomic E-state index is 0.707. The van der Waals surface area contributed by atoms with Crippen LogP contribution in [0.2, 0.25) is 0 Å². The molecule has 0 aliphatic carbocycles. The number of para-hydroxylation sites is 3. The third-order valence-electron chi connectivity index (χ3n) is 8.85. The second-order valence-corrected chi connectivity index (χ2v) is 12.4. The van der Waals surface area contributed by atoms with Crippen molar-refractivity contribution in [2.75, 3.05) is 0 Å². The molecule has 210 valence electrons. The van der Waals surface area contributed by atoms with Crippen molar-refractivity contribution < 1.29 is 4.42 Å². The Morgan fingerprint density at radius 3 is 2.18 bits per heavy atom. The van der Waals surface area contributed by atoms with E-state index in [1.807, 2.05) is 18.2 Å². The Morgan fingerprint density at radius 2 is 1.27 bits per heavy atom. The maximum Gasteiger partial charge on any atom is 0.163 e. The van der Waals surface area contributed by atoms with Crippen LogP contribution in [0.1, 0.15) is 0 Å². The quantitative estimate of drug-likeness (QED) is 0.205. The van der Waals surface area contributed by atoms with Crippen molar-refractivity contribution in [1.29, 1.82) is 0 Å². The number of rotatable bonds is 3. The second kappa shape index (κ2) is 9.36. The van der Waals surface area contributed by atoms with E-state index in [-0.39, 0.29) is 0 Å². The van der Waals surface area contributed by atoms with Crippen molar-refractivity contribution >= 4 is 75.4 Å². The molecule has 0 fully saturated rings. The van der Waals surface area contributed by atoms with Crippen LogP contribution in [0.3, 0.4) is 0 Å². The predicted molar refractivity (Wildman–Crippen MR) is 187 cm³/mol. The molecule has 10 rings (SSSR count). The standard InChI is InChI=1S/C40H23N3OS/c1-2-12-24(13-3-1)37-36-29-17-7-11-21-34(29)45-40(36)42-39(41-37)27-15-5-9-19-31(27)43-30-18-8-4-14-25(30)26-22-23-33-35(38(26)43)28-16-6-10-20-32(28)44-33/h1-23H. The third-order valence-corrected chi connectivity index (χ3v) is 9.91. The molecule has 0 saturated heterocycles. The van der Waals surface area contributed by atoms with Crippen LogP contribution in [0.4, 0.5) is 0 Å². The van der Waals surface area contributed by atoms with E-state index >= 15 is 0 Å². The normalized spacial score (nSPS) is 12.0. The molecule has 4 nitrogen and oxygen atoms in total. The molecule has 5 heteroatoms. The lowest BCUT2D eigenvalue weighted by molar-refractivity contribution is 0.669. The molecule has 0 saturated carbocycles. The monoisotopic (exact) mass is 593 g/mol. The van der Waals surface area contributed by atoms with Crippen molar-refractivity contribution in [2.24, 2.45) is 0 Å². The lowest BCUT2D eigenvalue weighted by Gasteiger charge is -2.14. The zero-order valence-electron chi connectivity index (χ0n) is 23.9. The Labute approximate surface area is 261 Å². The topological polar surface area (TPSA) is 43.9 Å². The summed E-state index contributed by atoms with van der Waals surface area (Å²) in [5.74, 6) is 0.707. The molecule has 0 aliphatic heterocycles. The largest absolute Gasteiger partial charge is 0.456 e. The van der Waals surface area contributed by atoms with Crippen LogP contribution < -0.4 is 0 Å². The summed E-state index contributed by atoms with van der Waals surface area (Å²) >= 11 is 1.72. The minimum Gasteiger partial charge on any atom is -0.456 e. The first-order valence-corrected chi connectivity index (χ1v) is 15.8. The molecule has 4 aromatic heterocycles. The van der Waals surface area contributed by atoms with Gasteiger partial charge in [-0.3, -0.25) is 0 Å². The van der Waals surface area contributed by atoms with Gasteiger partial charge in [-0.15, -0.1) is 11.3 Å². The lowest BCUT2D eigenvalue weighted by Crippen LogP contribution is -2.00. The average Bonchev–Trinajstić information content (AvgIpc) is 3.77. The summed E-state index contributed by atoms with van der Waals surface area (Å²) in [6.07, 6.45) is 0. The zero-order chi connectivity index (χ0) is 29.5. The Kier molecular flexibility index (Phi) is 5.12. The van der Waals surface area contributed by atoms with E-state index < -0.39 is 0 Å². The van der Waals surface area contributed by atoms with Crippen molar-refractivity contribution in [3.8, 4) is 28.3 Å². The van der Waals surface area contributed by atoms with Crippen molar-refractivity contribution in [3.63, 3.8) is 0 Å². The van der Waals surface area contributed by atoms with Gasteiger partial charge < -0.3 is 8.98 Å². The first-order valence-electron chi connectivity index (χ1n) is 15.0. The Hall–Kier alpha value is -5.78. The summed E-state index contributed by atoms with van der Waals surface area (Å²) in [7, 11) is 0. The molecule has 10 aromatic rings. The number of thiophene rings is 1. The van der Waals surface area contributed by atoms with Gasteiger partial charge >= 0.3 is 0 Å². The fourth-order valence-corrected chi connectivity index (χ4v) is 8.00. The molecule has 0 N–H and O–H groups in total. The van der Waals surface area contributed by atoms with Crippen LogP contribution >= 0.6 is 11.3 Å². The van der Waals surface area contributed by atoms with E-state index in [1.165, 1.54) is 20.9 Å². The fourth-order valence-electron chi connectivity index (χ4n) is 6.92. The Bertz CT molecular complexity index is 2770. The van der Waals surface area contributed by atoms with Crippen LogP contribution in [0.25, 0.3) is 92.4 Å². The fraction of sp³-hybridized carbons (Fsp3) is 0. The highest BCUT2D eigenvalue weighted by atomic mass is 32.1. The molecule has 0 aliphatic rings. The molecular formula is C40H23N3OS. The van der Waals surface area contributed by atoms with Crippen LogP contribution in [-0.4, -0.2) is 14.5 Å². The van der Waals surface area contributed by atoms with Crippen LogP contribution in [0, 0.1) is 0 Å². The van der Waals surface area contributed by atoms with E-state index in [2.05, 4.69) is 126 Å². The molecule has 4 heterocycles. The maximum atomic E-state index is 6.37. The highest BCUT2D eigenvalue weighted by Crippen LogP contribution is 2.43. The molecule has 0 radical (unpaired) electrons. The van der Waals surface area contributed by atoms with Crippen molar-refractivity contribution in [3.05, 3.63) is 140 Å². The molecule has 0 bridgehead atoms.